The van der Waals surface area contributed by atoms with Crippen LogP contribution in [0.3, 0.4) is 0 Å². The molecule has 2 saturated heterocycles. The smallest absolute Gasteiger partial charge is 0.314 e. The summed E-state index contributed by atoms with van der Waals surface area (Å²) in [4.78, 5) is 59.1. The van der Waals surface area contributed by atoms with Gasteiger partial charge in [0.2, 0.25) is 11.8 Å². The third kappa shape index (κ3) is 8.16. The van der Waals surface area contributed by atoms with Gasteiger partial charge in [-0.1, -0.05) is 145 Å². The Hall–Kier alpha value is -6.64. The van der Waals surface area contributed by atoms with E-state index in [9.17, 15) is 45.5 Å². The predicted molar refractivity (Wildman–Crippen MR) is 245 cm³/mol. The molecule has 2 fully saturated rings. The van der Waals surface area contributed by atoms with E-state index in [1.165, 1.54) is 9.80 Å². The van der Waals surface area contributed by atoms with Gasteiger partial charge in [0.1, 0.15) is 13.1 Å². The van der Waals surface area contributed by atoms with Gasteiger partial charge in [-0.2, -0.15) is 26.3 Å². The molecule has 2 spiro atoms. The monoisotopic (exact) mass is 968 g/mol. The van der Waals surface area contributed by atoms with Crippen molar-refractivity contribution in [1.29, 1.82) is 0 Å². The summed E-state index contributed by atoms with van der Waals surface area (Å²) in [5.41, 5.74) is 1.08. The summed E-state index contributed by atoms with van der Waals surface area (Å²) < 4.78 is 82.3. The Kier molecular flexibility index (Phi) is 12.2. The quantitative estimate of drug-likeness (QED) is 0.142. The van der Waals surface area contributed by atoms with E-state index < -0.39 is 72.0 Å². The van der Waals surface area contributed by atoms with Crippen molar-refractivity contribution < 1.29 is 45.5 Å². The van der Waals surface area contributed by atoms with E-state index in [0.29, 0.717) is 43.7 Å². The molecule has 6 aromatic carbocycles. The largest absolute Gasteiger partial charge is 0.406 e. The minimum Gasteiger partial charge on any atom is -0.314 e. The Morgan fingerprint density at radius 1 is 0.456 bits per heavy atom. The number of fused-ring (bicyclic) bond motifs is 4. The van der Waals surface area contributed by atoms with Crippen LogP contribution in [0.1, 0.15) is 58.1 Å². The minimum absolute atomic E-state index is 0.180. The van der Waals surface area contributed by atoms with Crippen molar-refractivity contribution in [3.05, 3.63) is 201 Å². The van der Waals surface area contributed by atoms with Gasteiger partial charge in [-0.15, -0.1) is 0 Å². The molecule has 6 aromatic rings. The summed E-state index contributed by atoms with van der Waals surface area (Å²) >= 11 is 12.1. The van der Waals surface area contributed by atoms with Gasteiger partial charge in [0, 0.05) is 45.8 Å². The highest BCUT2D eigenvalue weighted by molar-refractivity contribution is 6.30. The first-order valence-electron chi connectivity index (χ1n) is 21.6. The molecule has 0 aromatic heterocycles. The second-order valence-corrected chi connectivity index (χ2v) is 18.0. The standard InChI is InChI=1S/2C26H20ClF3N2O2/c2*27-19-12-10-18(11-13-19)21-14-23(33)32(16-25(28,29)30)26(21)20-8-4-5-9-22(20)31(24(26)34)15-17-6-2-1-3-7-17/h2*1-13,21H,14-16H2/t2*21-,26+/m00/s1. The van der Waals surface area contributed by atoms with E-state index in [4.69, 9.17) is 23.2 Å². The Bertz CT molecular complexity index is 2690. The topological polar surface area (TPSA) is 81.2 Å². The van der Waals surface area contributed by atoms with Crippen LogP contribution >= 0.6 is 23.2 Å². The third-order valence-electron chi connectivity index (χ3n) is 13.2. The highest BCUT2D eigenvalue weighted by atomic mass is 35.5. The highest BCUT2D eigenvalue weighted by Crippen LogP contribution is 2.59. The molecule has 4 atom stereocenters. The van der Waals surface area contributed by atoms with E-state index in [2.05, 4.69) is 0 Å². The second-order valence-electron chi connectivity index (χ2n) is 17.1. The Labute approximate surface area is 397 Å². The van der Waals surface area contributed by atoms with Crippen molar-refractivity contribution in [2.24, 2.45) is 0 Å². The van der Waals surface area contributed by atoms with Crippen LogP contribution in [0.15, 0.2) is 158 Å². The second kappa shape index (κ2) is 17.8. The van der Waals surface area contributed by atoms with Crippen LogP contribution in [-0.2, 0) is 43.3 Å². The zero-order chi connectivity index (χ0) is 48.2. The van der Waals surface area contributed by atoms with Gasteiger partial charge < -0.3 is 19.6 Å². The summed E-state index contributed by atoms with van der Waals surface area (Å²) in [7, 11) is 0. The summed E-state index contributed by atoms with van der Waals surface area (Å²) in [5.74, 6) is -4.08. The fraction of sp³-hybridized carbons (Fsp3) is 0.231. The number of anilines is 2. The normalized spacial score (nSPS) is 22.1. The Morgan fingerprint density at radius 3 is 1.12 bits per heavy atom. The molecule has 16 heteroatoms. The van der Waals surface area contributed by atoms with Crippen molar-refractivity contribution in [2.75, 3.05) is 22.9 Å². The van der Waals surface area contributed by atoms with Crippen LogP contribution < -0.4 is 9.80 Å². The molecule has 0 bridgehead atoms. The van der Waals surface area contributed by atoms with Crippen LogP contribution in [0.25, 0.3) is 0 Å². The van der Waals surface area contributed by atoms with Crippen molar-refractivity contribution in [3.8, 4) is 0 Å². The third-order valence-corrected chi connectivity index (χ3v) is 13.7. The maximum absolute atomic E-state index is 14.2. The lowest BCUT2D eigenvalue weighted by atomic mass is 9.75. The Morgan fingerprint density at radius 2 is 0.779 bits per heavy atom. The molecule has 0 unspecified atom stereocenters. The number of nitrogens with zero attached hydrogens (tertiary/aromatic N) is 4. The number of likely N-dealkylation sites (tertiary alicyclic amines) is 2. The maximum Gasteiger partial charge on any atom is 0.406 e. The lowest BCUT2D eigenvalue weighted by Crippen LogP contribution is -2.55. The van der Waals surface area contributed by atoms with Gasteiger partial charge in [0.05, 0.1) is 24.5 Å². The van der Waals surface area contributed by atoms with Crippen LogP contribution in [0.2, 0.25) is 10.0 Å². The number of halogens is 8. The molecular weight excluding hydrogens is 929 g/mol. The first-order valence-corrected chi connectivity index (χ1v) is 22.3. The Balaban J connectivity index is 0.000000170. The minimum atomic E-state index is -4.67. The molecule has 0 N–H and O–H groups in total. The fourth-order valence-corrected chi connectivity index (χ4v) is 10.7. The van der Waals surface area contributed by atoms with Gasteiger partial charge in [-0.25, -0.2) is 0 Å². The number of alkyl halides is 6. The van der Waals surface area contributed by atoms with Gasteiger partial charge in [-0.3, -0.25) is 19.2 Å². The number of para-hydroxylation sites is 2. The number of rotatable bonds is 8. The molecule has 10 rings (SSSR count). The number of carbonyl (C=O) groups excluding carboxylic acids is 4. The van der Waals surface area contributed by atoms with Crippen LogP contribution in [0, 0.1) is 0 Å². The van der Waals surface area contributed by atoms with Crippen LogP contribution in [0.5, 0.6) is 0 Å². The van der Waals surface area contributed by atoms with Gasteiger partial charge in [0.15, 0.2) is 11.1 Å². The van der Waals surface area contributed by atoms with Crippen molar-refractivity contribution in [2.45, 2.75) is 61.2 Å². The molecule has 4 heterocycles. The summed E-state index contributed by atoms with van der Waals surface area (Å²) in [5, 5.41) is 0.913. The van der Waals surface area contributed by atoms with Crippen LogP contribution in [0.4, 0.5) is 37.7 Å². The molecule has 0 radical (unpaired) electrons. The highest BCUT2D eigenvalue weighted by Gasteiger charge is 2.67. The lowest BCUT2D eigenvalue weighted by molar-refractivity contribution is -0.171. The SMILES string of the molecule is O=C1C[C@@H](c2ccc(Cl)cc2)[C@]2(C(=O)N(Cc3ccccc3)c3ccccc32)N1CC(F)(F)F.O=C1C[C@@H](c2ccc(Cl)cc2)[C@]2(C(=O)N(Cc3ccccc3)c3ccccc32)N1CC(F)(F)F. The first kappa shape index (κ1) is 46.5. The van der Waals surface area contributed by atoms with E-state index in [1.807, 2.05) is 60.7 Å². The van der Waals surface area contributed by atoms with Gasteiger partial charge >= 0.3 is 12.4 Å². The average Bonchev–Trinajstić information content (AvgIpc) is 3.93. The van der Waals surface area contributed by atoms with E-state index >= 15 is 0 Å². The van der Waals surface area contributed by atoms with Crippen molar-refractivity contribution in [1.82, 2.24) is 9.80 Å². The van der Waals surface area contributed by atoms with E-state index in [-0.39, 0.29) is 25.9 Å². The zero-order valence-corrected chi connectivity index (χ0v) is 37.4. The molecular formula is C52H40Cl2F6N4O4. The molecule has 0 saturated carbocycles. The molecule has 68 heavy (non-hydrogen) atoms. The lowest BCUT2D eigenvalue weighted by Gasteiger charge is -2.38. The number of carbonyl (C=O) groups is 4. The first-order chi connectivity index (χ1) is 32.4. The zero-order valence-electron chi connectivity index (χ0n) is 35.9. The van der Waals surface area contributed by atoms with E-state index in [0.717, 1.165) is 20.9 Å². The molecule has 4 amide bonds. The van der Waals surface area contributed by atoms with Crippen LogP contribution in [-0.4, -0.2) is 58.9 Å². The average molecular weight is 970 g/mol. The van der Waals surface area contributed by atoms with Crippen molar-refractivity contribution in [3.63, 3.8) is 0 Å². The summed E-state index contributed by atoms with van der Waals surface area (Å²) in [6.45, 7) is -2.65. The molecule has 4 aliphatic rings. The molecule has 348 valence electrons. The number of amides is 4. The van der Waals surface area contributed by atoms with Gasteiger partial charge in [0.25, 0.3) is 11.8 Å². The summed E-state index contributed by atoms with van der Waals surface area (Å²) in [6.07, 6.45) is -9.76. The number of hydrogen-bond acceptors (Lipinski definition) is 4. The molecule has 4 aliphatic heterocycles. The fourth-order valence-electron chi connectivity index (χ4n) is 10.5. The van der Waals surface area contributed by atoms with E-state index in [1.54, 1.807) is 97.1 Å². The maximum atomic E-state index is 14.2. The molecule has 8 nitrogen and oxygen atoms in total. The number of benzene rings is 6. The number of hydrogen-bond donors (Lipinski definition) is 0. The predicted octanol–water partition coefficient (Wildman–Crippen LogP) is 11.3. The van der Waals surface area contributed by atoms with Crippen molar-refractivity contribution >= 4 is 58.2 Å². The van der Waals surface area contributed by atoms with Gasteiger partial charge in [-0.05, 0) is 58.7 Å². The molecule has 0 aliphatic carbocycles. The summed E-state index contributed by atoms with van der Waals surface area (Å²) in [6, 6.07) is 45.2.